The fraction of sp³-hybridized carbons (Fsp3) is 0.300. The molecule has 0 saturated heterocycles. The van der Waals surface area contributed by atoms with Crippen LogP contribution in [-0.4, -0.2) is 32.9 Å². The van der Waals surface area contributed by atoms with Crippen LogP contribution in [0, 0.1) is 5.82 Å². The Balaban J connectivity index is 3.15. The molecule has 0 aliphatic carbocycles. The van der Waals surface area contributed by atoms with E-state index < -0.39 is 21.9 Å². The van der Waals surface area contributed by atoms with E-state index in [9.17, 15) is 17.6 Å². The molecule has 0 aliphatic heterocycles. The third-order valence-corrected chi connectivity index (χ3v) is 3.28. The first kappa shape index (κ1) is 14.4. The summed E-state index contributed by atoms with van der Waals surface area (Å²) in [6.07, 6.45) is 0. The maximum Gasteiger partial charge on any atom is 0.321 e. The van der Waals surface area contributed by atoms with Gasteiger partial charge in [-0.05, 0) is 25.1 Å². The number of benzene rings is 1. The summed E-state index contributed by atoms with van der Waals surface area (Å²) in [6.45, 7) is 2.16. The molecular weight excluding hydrogens is 261 g/mol. The number of halogens is 1. The number of nitrogens with two attached hydrogens (primary N) is 1. The number of nitrogens with zero attached hydrogens (tertiary/aromatic N) is 1. The van der Waals surface area contributed by atoms with Crippen molar-refractivity contribution in [1.29, 1.82) is 0 Å². The smallest absolute Gasteiger partial charge is 0.321 e. The molecule has 0 saturated carbocycles. The van der Waals surface area contributed by atoms with Crippen molar-refractivity contribution in [2.24, 2.45) is 5.14 Å². The van der Waals surface area contributed by atoms with E-state index >= 15 is 0 Å². The van der Waals surface area contributed by atoms with Gasteiger partial charge >= 0.3 is 6.03 Å². The molecule has 0 spiro atoms. The second-order valence-corrected chi connectivity index (χ2v) is 5.16. The topological polar surface area (TPSA) is 92.5 Å². The van der Waals surface area contributed by atoms with Crippen LogP contribution in [0.4, 0.5) is 14.9 Å². The third kappa shape index (κ3) is 3.41. The number of primary sulfonamides is 1. The third-order valence-electron chi connectivity index (χ3n) is 2.31. The zero-order chi connectivity index (χ0) is 13.9. The monoisotopic (exact) mass is 275 g/mol. The first-order valence-electron chi connectivity index (χ1n) is 5.10. The summed E-state index contributed by atoms with van der Waals surface area (Å²) in [5.74, 6) is -0.670. The summed E-state index contributed by atoms with van der Waals surface area (Å²) < 4.78 is 35.6. The quantitative estimate of drug-likeness (QED) is 0.860. The van der Waals surface area contributed by atoms with Gasteiger partial charge in [0.25, 0.3) is 0 Å². The number of carbonyl (C=O) groups excluding carboxylic acids is 1. The molecule has 0 aromatic heterocycles. The van der Waals surface area contributed by atoms with E-state index in [0.29, 0.717) is 6.54 Å². The summed E-state index contributed by atoms with van der Waals surface area (Å²) in [7, 11) is -2.51. The number of urea groups is 1. The molecule has 0 radical (unpaired) electrons. The predicted molar refractivity (Wildman–Crippen MR) is 65.1 cm³/mol. The van der Waals surface area contributed by atoms with Crippen molar-refractivity contribution in [2.45, 2.75) is 11.8 Å². The van der Waals surface area contributed by atoms with Crippen molar-refractivity contribution in [3.8, 4) is 0 Å². The summed E-state index contributed by atoms with van der Waals surface area (Å²) in [6, 6.07) is 2.32. The number of carbonyl (C=O) groups is 1. The summed E-state index contributed by atoms with van der Waals surface area (Å²) in [5.41, 5.74) is -0.178. The second-order valence-electron chi connectivity index (χ2n) is 3.63. The lowest BCUT2D eigenvalue weighted by Gasteiger charge is -2.16. The molecule has 0 aliphatic rings. The minimum absolute atomic E-state index is 0.178. The molecule has 0 bridgehead atoms. The maximum absolute atomic E-state index is 13.1. The Labute approximate surface area is 105 Å². The second kappa shape index (κ2) is 5.32. The molecule has 6 nitrogen and oxygen atoms in total. The minimum atomic E-state index is -4.03. The molecule has 1 rings (SSSR count). The van der Waals surface area contributed by atoms with Crippen LogP contribution >= 0.6 is 0 Å². The molecule has 0 atom stereocenters. The van der Waals surface area contributed by atoms with Crippen LogP contribution in [0.15, 0.2) is 23.1 Å². The molecule has 100 valence electrons. The largest absolute Gasteiger partial charge is 0.328 e. The molecular formula is C10H14FN3O3S. The van der Waals surface area contributed by atoms with Gasteiger partial charge in [0.05, 0.1) is 5.69 Å². The van der Waals surface area contributed by atoms with Crippen LogP contribution in [0.3, 0.4) is 0 Å². The van der Waals surface area contributed by atoms with E-state index in [-0.39, 0.29) is 10.6 Å². The average molecular weight is 275 g/mol. The molecule has 2 amide bonds. The van der Waals surface area contributed by atoms with Crippen molar-refractivity contribution in [1.82, 2.24) is 4.90 Å². The SMILES string of the molecule is CCN(C)C(=O)Nc1cc(F)ccc1S(N)(=O)=O. The van der Waals surface area contributed by atoms with Gasteiger partial charge in [-0.3, -0.25) is 0 Å². The standard InChI is InChI=1S/C10H14FN3O3S/c1-3-14(2)10(15)13-8-6-7(11)4-5-9(8)18(12,16)17/h4-6H,3H2,1-2H3,(H,13,15)(H2,12,16,17). The molecule has 8 heteroatoms. The number of amides is 2. The van der Waals surface area contributed by atoms with Gasteiger partial charge in [0.2, 0.25) is 10.0 Å². The van der Waals surface area contributed by atoms with Gasteiger partial charge in [0.15, 0.2) is 0 Å². The van der Waals surface area contributed by atoms with E-state index in [0.717, 1.165) is 18.2 Å². The molecule has 18 heavy (non-hydrogen) atoms. The van der Waals surface area contributed by atoms with Gasteiger partial charge in [-0.15, -0.1) is 0 Å². The first-order chi connectivity index (χ1) is 8.25. The Morgan fingerprint density at radius 3 is 2.61 bits per heavy atom. The van der Waals surface area contributed by atoms with Crippen molar-refractivity contribution in [3.63, 3.8) is 0 Å². The van der Waals surface area contributed by atoms with Crippen LogP contribution in [0.1, 0.15) is 6.92 Å². The van der Waals surface area contributed by atoms with Gasteiger partial charge in [0.1, 0.15) is 10.7 Å². The number of hydrogen-bond acceptors (Lipinski definition) is 3. The van der Waals surface area contributed by atoms with Crippen molar-refractivity contribution in [2.75, 3.05) is 18.9 Å². The van der Waals surface area contributed by atoms with Crippen LogP contribution in [0.5, 0.6) is 0 Å². The minimum Gasteiger partial charge on any atom is -0.328 e. The number of sulfonamides is 1. The fourth-order valence-corrected chi connectivity index (χ4v) is 1.88. The Morgan fingerprint density at radius 1 is 1.50 bits per heavy atom. The lowest BCUT2D eigenvalue weighted by Crippen LogP contribution is -2.31. The normalized spacial score (nSPS) is 11.1. The van der Waals surface area contributed by atoms with Gasteiger partial charge in [-0.25, -0.2) is 22.7 Å². The van der Waals surface area contributed by atoms with Crippen LogP contribution in [0.25, 0.3) is 0 Å². The predicted octanol–water partition coefficient (Wildman–Crippen LogP) is 0.957. The zero-order valence-corrected chi connectivity index (χ0v) is 10.8. The number of nitrogens with one attached hydrogen (secondary N) is 1. The van der Waals surface area contributed by atoms with Crippen molar-refractivity contribution < 1.29 is 17.6 Å². The summed E-state index contributed by atoms with van der Waals surface area (Å²) in [5, 5.41) is 7.27. The molecule has 0 unspecified atom stereocenters. The van der Waals surface area contributed by atoms with Gasteiger partial charge in [0, 0.05) is 13.6 Å². The highest BCUT2D eigenvalue weighted by molar-refractivity contribution is 7.89. The van der Waals surface area contributed by atoms with Gasteiger partial charge < -0.3 is 10.2 Å². The molecule has 3 N–H and O–H groups in total. The van der Waals surface area contributed by atoms with E-state index in [1.165, 1.54) is 11.9 Å². The average Bonchev–Trinajstić information content (AvgIpc) is 2.26. The highest BCUT2D eigenvalue weighted by Crippen LogP contribution is 2.21. The molecule has 0 heterocycles. The Bertz CT molecular complexity index is 559. The number of hydrogen-bond donors (Lipinski definition) is 2. The van der Waals surface area contributed by atoms with Crippen LogP contribution in [0.2, 0.25) is 0 Å². The van der Waals surface area contributed by atoms with Gasteiger partial charge in [-0.1, -0.05) is 0 Å². The fourth-order valence-electron chi connectivity index (χ4n) is 1.20. The zero-order valence-electron chi connectivity index (χ0n) is 9.97. The Morgan fingerprint density at radius 2 is 2.11 bits per heavy atom. The first-order valence-corrected chi connectivity index (χ1v) is 6.64. The van der Waals surface area contributed by atoms with Crippen LogP contribution < -0.4 is 10.5 Å². The highest BCUT2D eigenvalue weighted by Gasteiger charge is 2.17. The molecule has 1 aromatic rings. The lowest BCUT2D eigenvalue weighted by molar-refractivity contribution is 0.224. The van der Waals surface area contributed by atoms with Crippen molar-refractivity contribution >= 4 is 21.7 Å². The number of rotatable bonds is 3. The molecule has 0 fully saturated rings. The summed E-state index contributed by atoms with van der Waals surface area (Å²) in [4.78, 5) is 12.6. The highest BCUT2D eigenvalue weighted by atomic mass is 32.2. The van der Waals surface area contributed by atoms with E-state index in [1.807, 2.05) is 0 Å². The maximum atomic E-state index is 13.1. The summed E-state index contributed by atoms with van der Waals surface area (Å²) >= 11 is 0. The van der Waals surface area contributed by atoms with Crippen molar-refractivity contribution in [3.05, 3.63) is 24.0 Å². The Kier molecular flexibility index (Phi) is 4.25. The van der Waals surface area contributed by atoms with E-state index in [4.69, 9.17) is 5.14 Å². The lowest BCUT2D eigenvalue weighted by atomic mass is 10.3. The molecule has 1 aromatic carbocycles. The van der Waals surface area contributed by atoms with Crippen LogP contribution in [-0.2, 0) is 10.0 Å². The van der Waals surface area contributed by atoms with E-state index in [2.05, 4.69) is 5.32 Å². The Hall–Kier alpha value is -1.67. The van der Waals surface area contributed by atoms with Gasteiger partial charge in [-0.2, -0.15) is 0 Å². The van der Waals surface area contributed by atoms with E-state index in [1.54, 1.807) is 6.92 Å². The number of anilines is 1.